The fraction of sp³-hybridized carbons (Fsp3) is 0.286. The van der Waals surface area contributed by atoms with Crippen molar-refractivity contribution in [3.8, 4) is 11.6 Å². The molecule has 1 heterocycles. The molecule has 1 N–H and O–H groups in total. The Hall–Kier alpha value is -1.94. The van der Waals surface area contributed by atoms with Crippen molar-refractivity contribution in [2.24, 2.45) is 0 Å². The topological polar surface area (TPSA) is 47.0 Å². The minimum absolute atomic E-state index is 0.524. The second kappa shape index (κ2) is 5.14. The lowest BCUT2D eigenvalue weighted by atomic mass is 10.3. The van der Waals surface area contributed by atoms with Crippen LogP contribution in [0, 0.1) is 0 Å². The van der Waals surface area contributed by atoms with E-state index in [2.05, 4.69) is 15.3 Å². The second-order valence-corrected chi connectivity index (χ2v) is 4.42. The van der Waals surface area contributed by atoms with Crippen LogP contribution in [-0.4, -0.2) is 16.0 Å². The van der Waals surface area contributed by atoms with Gasteiger partial charge in [0, 0.05) is 12.6 Å². The molecule has 1 aliphatic rings. The van der Waals surface area contributed by atoms with E-state index in [1.807, 2.05) is 30.3 Å². The van der Waals surface area contributed by atoms with Crippen molar-refractivity contribution >= 4 is 0 Å². The molecule has 3 rings (SSSR count). The monoisotopic (exact) mass is 241 g/mol. The molecule has 18 heavy (non-hydrogen) atoms. The summed E-state index contributed by atoms with van der Waals surface area (Å²) >= 11 is 0. The average molecular weight is 241 g/mol. The van der Waals surface area contributed by atoms with Crippen LogP contribution in [-0.2, 0) is 6.54 Å². The second-order valence-electron chi connectivity index (χ2n) is 4.42. The van der Waals surface area contributed by atoms with E-state index in [-0.39, 0.29) is 0 Å². The first kappa shape index (κ1) is 11.2. The molecule has 1 fully saturated rings. The standard InChI is InChI=1S/C14H15N3O/c1-2-4-13(5-3-1)18-14-10-16-12(9-17-14)8-15-11-6-7-11/h1-5,9-11,15H,6-8H2. The van der Waals surface area contributed by atoms with E-state index in [0.717, 1.165) is 18.0 Å². The van der Waals surface area contributed by atoms with Gasteiger partial charge < -0.3 is 10.1 Å². The highest BCUT2D eigenvalue weighted by Crippen LogP contribution is 2.20. The van der Waals surface area contributed by atoms with Gasteiger partial charge in [-0.1, -0.05) is 18.2 Å². The molecule has 4 heteroatoms. The summed E-state index contributed by atoms with van der Waals surface area (Å²) in [7, 11) is 0. The SMILES string of the molecule is c1ccc(Oc2cnc(CNC3CC3)cn2)cc1. The maximum absolute atomic E-state index is 5.58. The van der Waals surface area contributed by atoms with Crippen LogP contribution in [0.25, 0.3) is 0 Å². The number of hydrogen-bond donors (Lipinski definition) is 1. The number of rotatable bonds is 5. The molecule has 92 valence electrons. The van der Waals surface area contributed by atoms with Gasteiger partial charge in [-0.05, 0) is 25.0 Å². The molecular weight excluding hydrogens is 226 g/mol. The highest BCUT2D eigenvalue weighted by molar-refractivity contribution is 5.25. The van der Waals surface area contributed by atoms with Crippen LogP contribution >= 0.6 is 0 Å². The number of nitrogens with one attached hydrogen (secondary N) is 1. The first-order valence-corrected chi connectivity index (χ1v) is 6.17. The van der Waals surface area contributed by atoms with Crippen LogP contribution in [0.3, 0.4) is 0 Å². The van der Waals surface area contributed by atoms with E-state index in [9.17, 15) is 0 Å². The molecule has 0 aliphatic heterocycles. The van der Waals surface area contributed by atoms with Gasteiger partial charge in [0.05, 0.1) is 18.1 Å². The summed E-state index contributed by atoms with van der Waals surface area (Å²) in [5.74, 6) is 1.30. The Morgan fingerprint density at radius 3 is 2.61 bits per heavy atom. The van der Waals surface area contributed by atoms with Gasteiger partial charge in [-0.2, -0.15) is 0 Å². The Balaban J connectivity index is 1.59. The number of ether oxygens (including phenoxy) is 1. The van der Waals surface area contributed by atoms with Crippen LogP contribution < -0.4 is 10.1 Å². The van der Waals surface area contributed by atoms with Gasteiger partial charge >= 0.3 is 0 Å². The first-order valence-electron chi connectivity index (χ1n) is 6.17. The minimum atomic E-state index is 0.524. The molecule has 0 bridgehead atoms. The molecule has 1 aromatic carbocycles. The van der Waals surface area contributed by atoms with Crippen molar-refractivity contribution in [3.63, 3.8) is 0 Å². The zero-order valence-electron chi connectivity index (χ0n) is 10.0. The van der Waals surface area contributed by atoms with Crippen LogP contribution in [0.5, 0.6) is 11.6 Å². The van der Waals surface area contributed by atoms with E-state index in [1.165, 1.54) is 12.8 Å². The predicted molar refractivity (Wildman–Crippen MR) is 68.4 cm³/mol. The number of hydrogen-bond acceptors (Lipinski definition) is 4. The Kier molecular flexibility index (Phi) is 3.19. The van der Waals surface area contributed by atoms with Crippen LogP contribution in [0.1, 0.15) is 18.5 Å². The largest absolute Gasteiger partial charge is 0.438 e. The van der Waals surface area contributed by atoms with Gasteiger partial charge in [0.25, 0.3) is 0 Å². The minimum Gasteiger partial charge on any atom is -0.438 e. The Morgan fingerprint density at radius 2 is 1.94 bits per heavy atom. The third-order valence-electron chi connectivity index (χ3n) is 2.80. The quantitative estimate of drug-likeness (QED) is 0.873. The van der Waals surface area contributed by atoms with Gasteiger partial charge in [0.15, 0.2) is 0 Å². The van der Waals surface area contributed by atoms with Crippen LogP contribution in [0.4, 0.5) is 0 Å². The molecule has 0 amide bonds. The molecule has 1 aliphatic carbocycles. The summed E-state index contributed by atoms with van der Waals surface area (Å²) < 4.78 is 5.58. The van der Waals surface area contributed by atoms with Gasteiger partial charge in [-0.25, -0.2) is 4.98 Å². The molecule has 0 radical (unpaired) electrons. The molecule has 0 spiro atoms. The Morgan fingerprint density at radius 1 is 1.11 bits per heavy atom. The summed E-state index contributed by atoms with van der Waals surface area (Å²) in [6.07, 6.45) is 5.98. The third-order valence-corrected chi connectivity index (χ3v) is 2.80. The van der Waals surface area contributed by atoms with Crippen LogP contribution in [0.2, 0.25) is 0 Å². The maximum atomic E-state index is 5.58. The lowest BCUT2D eigenvalue weighted by Gasteiger charge is -2.05. The van der Waals surface area contributed by atoms with E-state index in [0.29, 0.717) is 11.9 Å². The van der Waals surface area contributed by atoms with E-state index in [4.69, 9.17) is 4.74 Å². The lowest BCUT2D eigenvalue weighted by Crippen LogP contribution is -2.16. The number of benzene rings is 1. The molecule has 2 aromatic rings. The van der Waals surface area contributed by atoms with Crippen molar-refractivity contribution < 1.29 is 4.74 Å². The van der Waals surface area contributed by atoms with Crippen molar-refractivity contribution in [1.29, 1.82) is 0 Å². The first-order chi connectivity index (χ1) is 8.90. The molecule has 0 unspecified atom stereocenters. The normalized spacial score (nSPS) is 14.4. The molecule has 1 aromatic heterocycles. The van der Waals surface area contributed by atoms with Crippen molar-refractivity contribution in [1.82, 2.24) is 15.3 Å². The third kappa shape index (κ3) is 3.05. The van der Waals surface area contributed by atoms with Crippen molar-refractivity contribution in [2.75, 3.05) is 0 Å². The molecule has 4 nitrogen and oxygen atoms in total. The summed E-state index contributed by atoms with van der Waals surface area (Å²) in [4.78, 5) is 8.57. The highest BCUT2D eigenvalue weighted by atomic mass is 16.5. The summed E-state index contributed by atoms with van der Waals surface area (Å²) in [5.41, 5.74) is 0.947. The molecule has 1 saturated carbocycles. The number of aromatic nitrogens is 2. The molecule has 0 atom stereocenters. The lowest BCUT2D eigenvalue weighted by molar-refractivity contribution is 0.458. The smallest absolute Gasteiger partial charge is 0.237 e. The fourth-order valence-electron chi connectivity index (χ4n) is 1.63. The number of nitrogens with zero attached hydrogens (tertiary/aromatic N) is 2. The highest BCUT2D eigenvalue weighted by Gasteiger charge is 2.20. The zero-order valence-corrected chi connectivity index (χ0v) is 10.0. The molecular formula is C14H15N3O. The maximum Gasteiger partial charge on any atom is 0.237 e. The zero-order chi connectivity index (χ0) is 12.2. The van der Waals surface area contributed by atoms with Gasteiger partial charge in [0.2, 0.25) is 5.88 Å². The Labute approximate surface area is 106 Å². The summed E-state index contributed by atoms with van der Waals surface area (Å²) in [6, 6.07) is 10.3. The van der Waals surface area contributed by atoms with Crippen LogP contribution in [0.15, 0.2) is 42.7 Å². The summed E-state index contributed by atoms with van der Waals surface area (Å²) in [5, 5.41) is 3.40. The number of para-hydroxylation sites is 1. The van der Waals surface area contributed by atoms with Gasteiger partial charge in [0.1, 0.15) is 5.75 Å². The van der Waals surface area contributed by atoms with E-state index < -0.39 is 0 Å². The van der Waals surface area contributed by atoms with E-state index in [1.54, 1.807) is 12.4 Å². The van der Waals surface area contributed by atoms with Gasteiger partial charge in [-0.3, -0.25) is 4.98 Å². The van der Waals surface area contributed by atoms with Crippen molar-refractivity contribution in [3.05, 3.63) is 48.4 Å². The molecule has 0 saturated heterocycles. The van der Waals surface area contributed by atoms with Gasteiger partial charge in [-0.15, -0.1) is 0 Å². The van der Waals surface area contributed by atoms with Crippen molar-refractivity contribution in [2.45, 2.75) is 25.4 Å². The average Bonchev–Trinajstić information content (AvgIpc) is 3.23. The fourth-order valence-corrected chi connectivity index (χ4v) is 1.63. The van der Waals surface area contributed by atoms with E-state index >= 15 is 0 Å². The Bertz CT molecular complexity index is 494. The summed E-state index contributed by atoms with van der Waals surface area (Å²) in [6.45, 7) is 0.781. The predicted octanol–water partition coefficient (Wildman–Crippen LogP) is 2.52.